The van der Waals surface area contributed by atoms with E-state index in [4.69, 9.17) is 0 Å². The summed E-state index contributed by atoms with van der Waals surface area (Å²) < 4.78 is 0. The molecule has 6 heteroatoms. The van der Waals surface area contributed by atoms with Gasteiger partial charge in [-0.15, -0.1) is 12.4 Å². The topological polar surface area (TPSA) is 61.4 Å². The molecule has 0 saturated carbocycles. The van der Waals surface area contributed by atoms with Gasteiger partial charge in [0, 0.05) is 45.1 Å². The van der Waals surface area contributed by atoms with Crippen LogP contribution in [0.3, 0.4) is 0 Å². The van der Waals surface area contributed by atoms with Crippen molar-refractivity contribution in [2.45, 2.75) is 39.7 Å². The minimum Gasteiger partial charge on any atom is -0.356 e. The fourth-order valence-corrected chi connectivity index (χ4v) is 2.11. The smallest absolute Gasteiger partial charge is 0.224 e. The average Bonchev–Trinajstić information content (AvgIpc) is 2.28. The molecule has 1 heterocycles. The fourth-order valence-electron chi connectivity index (χ4n) is 2.11. The van der Waals surface area contributed by atoms with Gasteiger partial charge >= 0.3 is 0 Å². The summed E-state index contributed by atoms with van der Waals surface area (Å²) in [6.07, 6.45) is 0.923. The van der Waals surface area contributed by atoms with Crippen LogP contribution < -0.4 is 10.6 Å². The largest absolute Gasteiger partial charge is 0.356 e. The van der Waals surface area contributed by atoms with E-state index in [-0.39, 0.29) is 30.3 Å². The van der Waals surface area contributed by atoms with Crippen LogP contribution in [0.15, 0.2) is 0 Å². The van der Waals surface area contributed by atoms with E-state index in [1.165, 1.54) is 0 Å². The van der Waals surface area contributed by atoms with Crippen LogP contribution in [0.4, 0.5) is 0 Å². The highest BCUT2D eigenvalue weighted by atomic mass is 35.5. The van der Waals surface area contributed by atoms with Gasteiger partial charge in [-0.25, -0.2) is 0 Å². The second-order valence-electron chi connectivity index (χ2n) is 5.34. The van der Waals surface area contributed by atoms with Crippen LogP contribution in [0.2, 0.25) is 0 Å². The van der Waals surface area contributed by atoms with Gasteiger partial charge in [-0.2, -0.15) is 0 Å². The van der Waals surface area contributed by atoms with Gasteiger partial charge in [0.2, 0.25) is 11.8 Å². The molecule has 1 saturated heterocycles. The number of hydrogen-bond donors (Lipinski definition) is 2. The van der Waals surface area contributed by atoms with Crippen molar-refractivity contribution in [1.82, 2.24) is 15.5 Å². The lowest BCUT2D eigenvalue weighted by atomic mass is 10.1. The molecule has 0 radical (unpaired) electrons. The van der Waals surface area contributed by atoms with Crippen LogP contribution in [0, 0.1) is 5.92 Å². The Labute approximate surface area is 121 Å². The third-order valence-corrected chi connectivity index (χ3v) is 3.08. The summed E-state index contributed by atoms with van der Waals surface area (Å²) in [4.78, 5) is 25.3. The van der Waals surface area contributed by atoms with E-state index in [9.17, 15) is 9.59 Å². The molecule has 1 fully saturated rings. The second kappa shape index (κ2) is 9.15. The molecule has 0 unspecified atom stereocenters. The zero-order valence-electron chi connectivity index (χ0n) is 12.1. The van der Waals surface area contributed by atoms with E-state index in [1.54, 1.807) is 0 Å². The lowest BCUT2D eigenvalue weighted by Gasteiger charge is -2.34. The normalized spacial score (nSPS) is 18.9. The first-order valence-corrected chi connectivity index (χ1v) is 6.77. The molecule has 0 aliphatic carbocycles. The lowest BCUT2D eigenvalue weighted by Crippen LogP contribution is -2.52. The standard InChI is InChI=1S/C13H25N3O2.ClH/c1-10(2)8-12(17)15-5-4-13(18)16-7-6-14-9-11(16)3;/h10-11,14H,4-9H2,1-3H3,(H,15,17);1H/t11-;/m1./s1. The third-order valence-electron chi connectivity index (χ3n) is 3.08. The lowest BCUT2D eigenvalue weighted by molar-refractivity contribution is -0.133. The molecule has 0 aromatic carbocycles. The predicted molar refractivity (Wildman–Crippen MR) is 78.4 cm³/mol. The van der Waals surface area contributed by atoms with E-state index >= 15 is 0 Å². The summed E-state index contributed by atoms with van der Waals surface area (Å²) >= 11 is 0. The number of nitrogens with one attached hydrogen (secondary N) is 2. The van der Waals surface area contributed by atoms with Gasteiger partial charge < -0.3 is 15.5 Å². The molecule has 0 bridgehead atoms. The van der Waals surface area contributed by atoms with Crippen molar-refractivity contribution >= 4 is 24.2 Å². The number of hydrogen-bond acceptors (Lipinski definition) is 3. The Kier molecular flexibility index (Phi) is 8.76. The van der Waals surface area contributed by atoms with Crippen molar-refractivity contribution < 1.29 is 9.59 Å². The first-order valence-electron chi connectivity index (χ1n) is 6.77. The van der Waals surface area contributed by atoms with Crippen molar-refractivity contribution in [2.75, 3.05) is 26.2 Å². The number of carbonyl (C=O) groups excluding carboxylic acids is 2. The molecule has 1 atom stereocenters. The third kappa shape index (κ3) is 6.78. The van der Waals surface area contributed by atoms with E-state index in [1.807, 2.05) is 25.7 Å². The number of amides is 2. The van der Waals surface area contributed by atoms with Crippen molar-refractivity contribution in [1.29, 1.82) is 0 Å². The summed E-state index contributed by atoms with van der Waals surface area (Å²) in [6, 6.07) is 0.248. The summed E-state index contributed by atoms with van der Waals surface area (Å²) in [5, 5.41) is 6.05. The van der Waals surface area contributed by atoms with Crippen LogP contribution in [-0.4, -0.2) is 48.9 Å². The molecule has 0 spiro atoms. The van der Waals surface area contributed by atoms with E-state index in [0.717, 1.165) is 19.6 Å². The minimum atomic E-state index is 0. The van der Waals surface area contributed by atoms with Crippen LogP contribution in [0.5, 0.6) is 0 Å². The van der Waals surface area contributed by atoms with E-state index in [2.05, 4.69) is 10.6 Å². The van der Waals surface area contributed by atoms with Crippen LogP contribution in [0.25, 0.3) is 0 Å². The Hall–Kier alpha value is -0.810. The molecular weight excluding hydrogens is 266 g/mol. The van der Waals surface area contributed by atoms with Gasteiger partial charge in [0.25, 0.3) is 0 Å². The Morgan fingerprint density at radius 3 is 2.68 bits per heavy atom. The Balaban J connectivity index is 0.00000324. The van der Waals surface area contributed by atoms with E-state index in [0.29, 0.717) is 25.3 Å². The molecule has 2 N–H and O–H groups in total. The number of halogens is 1. The summed E-state index contributed by atoms with van der Waals surface area (Å²) in [5.74, 6) is 0.522. The molecule has 1 aliphatic rings. The van der Waals surface area contributed by atoms with Crippen LogP contribution in [0.1, 0.15) is 33.6 Å². The maximum atomic E-state index is 12.0. The Morgan fingerprint density at radius 2 is 2.11 bits per heavy atom. The molecule has 1 aliphatic heterocycles. The molecular formula is C13H26ClN3O2. The fraction of sp³-hybridized carbons (Fsp3) is 0.846. The van der Waals surface area contributed by atoms with Crippen molar-refractivity contribution in [3.05, 3.63) is 0 Å². The summed E-state index contributed by atoms with van der Waals surface area (Å²) in [6.45, 7) is 8.98. The van der Waals surface area contributed by atoms with Crippen molar-refractivity contribution in [2.24, 2.45) is 5.92 Å². The van der Waals surface area contributed by atoms with Crippen LogP contribution >= 0.6 is 12.4 Å². The Bertz CT molecular complexity index is 298. The molecule has 2 amide bonds. The highest BCUT2D eigenvalue weighted by Crippen LogP contribution is 2.04. The SMILES string of the molecule is CC(C)CC(=O)NCCC(=O)N1CCNC[C@H]1C.Cl. The molecule has 112 valence electrons. The predicted octanol–water partition coefficient (Wildman–Crippen LogP) is 0.781. The maximum absolute atomic E-state index is 12.0. The average molecular weight is 292 g/mol. The number of carbonyl (C=O) groups is 2. The highest BCUT2D eigenvalue weighted by molar-refractivity contribution is 5.85. The monoisotopic (exact) mass is 291 g/mol. The number of nitrogens with zero attached hydrogens (tertiary/aromatic N) is 1. The van der Waals surface area contributed by atoms with Crippen molar-refractivity contribution in [3.63, 3.8) is 0 Å². The number of rotatable bonds is 5. The molecule has 0 aromatic rings. The van der Waals surface area contributed by atoms with Gasteiger partial charge in [-0.05, 0) is 12.8 Å². The quantitative estimate of drug-likeness (QED) is 0.787. The first-order chi connectivity index (χ1) is 8.50. The van der Waals surface area contributed by atoms with Gasteiger partial charge in [-0.3, -0.25) is 9.59 Å². The Morgan fingerprint density at radius 1 is 1.42 bits per heavy atom. The number of piperazine rings is 1. The zero-order valence-corrected chi connectivity index (χ0v) is 12.9. The van der Waals surface area contributed by atoms with Crippen molar-refractivity contribution in [3.8, 4) is 0 Å². The van der Waals surface area contributed by atoms with Gasteiger partial charge in [0.1, 0.15) is 0 Å². The first kappa shape index (κ1) is 18.2. The highest BCUT2D eigenvalue weighted by Gasteiger charge is 2.22. The second-order valence-corrected chi connectivity index (χ2v) is 5.34. The molecule has 19 heavy (non-hydrogen) atoms. The maximum Gasteiger partial charge on any atom is 0.224 e. The summed E-state index contributed by atoms with van der Waals surface area (Å²) in [5.41, 5.74) is 0. The van der Waals surface area contributed by atoms with Gasteiger partial charge in [-0.1, -0.05) is 13.8 Å². The summed E-state index contributed by atoms with van der Waals surface area (Å²) in [7, 11) is 0. The molecule has 5 nitrogen and oxygen atoms in total. The van der Waals surface area contributed by atoms with E-state index < -0.39 is 0 Å². The minimum absolute atomic E-state index is 0. The van der Waals surface area contributed by atoms with Gasteiger partial charge in [0.05, 0.1) is 0 Å². The van der Waals surface area contributed by atoms with Crippen LogP contribution in [-0.2, 0) is 9.59 Å². The van der Waals surface area contributed by atoms with Gasteiger partial charge in [0.15, 0.2) is 0 Å². The zero-order chi connectivity index (χ0) is 13.5. The molecule has 0 aromatic heterocycles. The molecule has 1 rings (SSSR count).